The van der Waals surface area contributed by atoms with E-state index < -0.39 is 21.2 Å². The van der Waals surface area contributed by atoms with Crippen molar-refractivity contribution in [2.45, 2.75) is 75.2 Å². The fraction of sp³-hybridized carbons (Fsp3) is 0.439. The number of benzene rings is 2. The molecule has 0 bridgehead atoms. The van der Waals surface area contributed by atoms with E-state index in [4.69, 9.17) is 14.2 Å². The van der Waals surface area contributed by atoms with Gasteiger partial charge in [0.05, 0.1) is 74.7 Å². The molecular weight excluding hydrogens is 707 g/mol. The monoisotopic (exact) mass is 753 g/mol. The molecule has 13 heteroatoms. The van der Waals surface area contributed by atoms with Crippen LogP contribution in [-0.2, 0) is 33.1 Å². The highest BCUT2D eigenvalue weighted by molar-refractivity contribution is 7.90. The second kappa shape index (κ2) is 14.7. The number of carbonyl (C=O) groups excluding carboxylic acids is 2. The molecule has 1 N–H and O–H groups in total. The molecule has 2 amide bonds. The number of methoxy groups -OCH3 is 2. The molecule has 0 radical (unpaired) electrons. The van der Waals surface area contributed by atoms with E-state index in [9.17, 15) is 18.0 Å². The Kier molecular flexibility index (Phi) is 9.86. The summed E-state index contributed by atoms with van der Waals surface area (Å²) >= 11 is 0. The molecule has 12 nitrogen and oxygen atoms in total. The summed E-state index contributed by atoms with van der Waals surface area (Å²) < 4.78 is 49.0. The van der Waals surface area contributed by atoms with E-state index in [2.05, 4.69) is 26.5 Å². The highest BCUT2D eigenvalue weighted by Gasteiger charge is 2.35. The first kappa shape index (κ1) is 36.1. The number of fused-ring (bicyclic) bond motifs is 5. The molecule has 4 aromatic rings. The van der Waals surface area contributed by atoms with E-state index in [1.54, 1.807) is 42.3 Å². The summed E-state index contributed by atoms with van der Waals surface area (Å²) in [7, 11) is 1.31. The standard InChI is InChI=1S/C41H47N5O7S/c1-44-38(35(23-42-44)41(48)45-17-19-53-31(25-45)16-18-51-2)29-20-28-21-30(52-3)13-15-33(28)39-37(26-8-5-4-6-9-26)34-14-12-27(22-36(34)46(39)24-29)40(47)43-54(49,50)32-10-7-11-32/h12-16,18,20-23,26,31-32H,4-11,17,19,24-25H2,1-3H3,(H,43,47)/b18-16+. The molecule has 1 saturated heterocycles. The zero-order valence-electron chi connectivity index (χ0n) is 31.0. The van der Waals surface area contributed by atoms with Crippen molar-refractivity contribution < 1.29 is 32.2 Å². The third kappa shape index (κ3) is 6.61. The molecule has 2 aromatic heterocycles. The van der Waals surface area contributed by atoms with Crippen molar-refractivity contribution in [2.75, 3.05) is 33.9 Å². The van der Waals surface area contributed by atoms with Crippen LogP contribution in [0.15, 0.2) is 54.9 Å². The number of hydrogen-bond acceptors (Lipinski definition) is 8. The zero-order valence-corrected chi connectivity index (χ0v) is 31.9. The van der Waals surface area contributed by atoms with E-state index in [-0.39, 0.29) is 17.6 Å². The largest absolute Gasteiger partial charge is 0.505 e. The lowest BCUT2D eigenvalue weighted by molar-refractivity contribution is -0.000549. The summed E-state index contributed by atoms with van der Waals surface area (Å²) in [6.45, 7) is 1.60. The van der Waals surface area contributed by atoms with Crippen LogP contribution in [0.2, 0.25) is 0 Å². The Labute approximate surface area is 315 Å². The molecule has 1 atom stereocenters. The van der Waals surface area contributed by atoms with Crippen LogP contribution in [-0.4, -0.2) is 84.7 Å². The number of carbonyl (C=O) groups is 2. The lowest BCUT2D eigenvalue weighted by atomic mass is 9.81. The number of rotatable bonds is 9. The van der Waals surface area contributed by atoms with Gasteiger partial charge in [-0.3, -0.25) is 14.3 Å². The third-order valence-corrected chi connectivity index (χ3v) is 13.4. The van der Waals surface area contributed by atoms with Crippen molar-refractivity contribution in [1.29, 1.82) is 0 Å². The van der Waals surface area contributed by atoms with Crippen molar-refractivity contribution in [2.24, 2.45) is 7.05 Å². The quantitative estimate of drug-likeness (QED) is 0.198. The van der Waals surface area contributed by atoms with Crippen LogP contribution in [0.3, 0.4) is 0 Å². The number of allylic oxidation sites excluding steroid dienone is 1. The van der Waals surface area contributed by atoms with Crippen LogP contribution in [0.4, 0.5) is 0 Å². The normalized spacial score (nSPS) is 19.5. The molecule has 2 aliphatic heterocycles. The van der Waals surface area contributed by atoms with Crippen molar-refractivity contribution in [3.05, 3.63) is 82.9 Å². The fourth-order valence-corrected chi connectivity index (χ4v) is 10.1. The van der Waals surface area contributed by atoms with Crippen molar-refractivity contribution in [3.8, 4) is 17.0 Å². The second-order valence-electron chi connectivity index (χ2n) is 14.8. The maximum absolute atomic E-state index is 14.3. The minimum absolute atomic E-state index is 0.139. The molecule has 0 spiro atoms. The zero-order chi connectivity index (χ0) is 37.6. The van der Waals surface area contributed by atoms with Crippen LogP contribution in [0.1, 0.15) is 94.8 Å². The topological polar surface area (TPSA) is 134 Å². The maximum Gasteiger partial charge on any atom is 0.264 e. The minimum Gasteiger partial charge on any atom is -0.505 e. The number of nitrogens with zero attached hydrogens (tertiary/aromatic N) is 4. The van der Waals surface area contributed by atoms with Crippen molar-refractivity contribution >= 4 is 44.4 Å². The van der Waals surface area contributed by atoms with Gasteiger partial charge < -0.3 is 23.7 Å². The Morgan fingerprint density at radius 1 is 1.00 bits per heavy atom. The summed E-state index contributed by atoms with van der Waals surface area (Å²) in [5, 5.41) is 5.12. The van der Waals surface area contributed by atoms with Crippen LogP contribution in [0, 0.1) is 0 Å². The lowest BCUT2D eigenvalue weighted by Crippen LogP contribution is -2.45. The number of sulfonamides is 1. The number of ether oxygens (including phenoxy) is 3. The Balaban J connectivity index is 1.28. The van der Waals surface area contributed by atoms with E-state index >= 15 is 0 Å². The number of morpholine rings is 1. The van der Waals surface area contributed by atoms with E-state index in [1.165, 1.54) is 12.0 Å². The highest BCUT2D eigenvalue weighted by atomic mass is 32.2. The molecule has 8 rings (SSSR count). The first-order chi connectivity index (χ1) is 26.2. The van der Waals surface area contributed by atoms with Crippen molar-refractivity contribution in [1.82, 2.24) is 24.0 Å². The van der Waals surface area contributed by atoms with Gasteiger partial charge in [-0.2, -0.15) is 5.10 Å². The Morgan fingerprint density at radius 3 is 2.56 bits per heavy atom. The van der Waals surface area contributed by atoms with Gasteiger partial charge in [-0.05, 0) is 90.8 Å². The van der Waals surface area contributed by atoms with Gasteiger partial charge in [0.15, 0.2) is 0 Å². The number of hydrogen-bond donors (Lipinski definition) is 1. The minimum atomic E-state index is -3.77. The molecule has 2 saturated carbocycles. The Hall–Kier alpha value is -4.88. The molecule has 4 aliphatic rings. The van der Waals surface area contributed by atoms with Gasteiger partial charge in [-0.25, -0.2) is 13.1 Å². The lowest BCUT2D eigenvalue weighted by Gasteiger charge is -2.31. The molecular formula is C41H47N5O7S. The smallest absolute Gasteiger partial charge is 0.264 e. The van der Waals surface area contributed by atoms with Crippen molar-refractivity contribution in [3.63, 3.8) is 0 Å². The number of amides is 2. The summed E-state index contributed by atoms with van der Waals surface area (Å²) in [4.78, 5) is 29.7. The fourth-order valence-electron chi connectivity index (χ4n) is 8.57. The second-order valence-corrected chi connectivity index (χ2v) is 16.8. The third-order valence-electron chi connectivity index (χ3n) is 11.6. The maximum atomic E-state index is 14.3. The Bertz CT molecular complexity index is 2280. The predicted molar refractivity (Wildman–Crippen MR) is 207 cm³/mol. The van der Waals surface area contributed by atoms with E-state index in [1.807, 2.05) is 37.4 Å². The van der Waals surface area contributed by atoms with Crippen LogP contribution in [0.25, 0.3) is 33.8 Å². The molecule has 2 aliphatic carbocycles. The summed E-state index contributed by atoms with van der Waals surface area (Å²) in [6.07, 6.45) is 14.4. The molecule has 54 heavy (non-hydrogen) atoms. The molecule has 4 heterocycles. The molecule has 284 valence electrons. The first-order valence-electron chi connectivity index (χ1n) is 18.9. The van der Waals surface area contributed by atoms with E-state index in [0.29, 0.717) is 62.0 Å². The van der Waals surface area contributed by atoms with Crippen LogP contribution in [0.5, 0.6) is 5.75 Å². The molecule has 1 unspecified atom stereocenters. The van der Waals surface area contributed by atoms with Gasteiger partial charge >= 0.3 is 0 Å². The van der Waals surface area contributed by atoms with Gasteiger partial charge in [0.25, 0.3) is 11.8 Å². The average molecular weight is 754 g/mol. The van der Waals surface area contributed by atoms with Gasteiger partial charge in [0, 0.05) is 35.6 Å². The number of nitrogens with one attached hydrogen (secondary N) is 1. The van der Waals surface area contributed by atoms with Gasteiger partial charge in [0.2, 0.25) is 10.0 Å². The summed E-state index contributed by atoms with van der Waals surface area (Å²) in [6, 6.07) is 11.7. The molecule has 2 aromatic carbocycles. The van der Waals surface area contributed by atoms with Crippen LogP contribution < -0.4 is 9.46 Å². The Morgan fingerprint density at radius 2 is 1.81 bits per heavy atom. The van der Waals surface area contributed by atoms with Crippen LogP contribution >= 0.6 is 0 Å². The van der Waals surface area contributed by atoms with Gasteiger partial charge in [-0.15, -0.1) is 0 Å². The number of aryl methyl sites for hydroxylation is 1. The predicted octanol–water partition coefficient (Wildman–Crippen LogP) is 6.27. The average Bonchev–Trinajstić information content (AvgIpc) is 3.64. The summed E-state index contributed by atoms with van der Waals surface area (Å²) in [5.74, 6) is 0.254. The summed E-state index contributed by atoms with van der Waals surface area (Å²) in [5.41, 5.74) is 7.44. The van der Waals surface area contributed by atoms with E-state index in [0.717, 1.165) is 65.4 Å². The first-order valence-corrected chi connectivity index (χ1v) is 20.4. The van der Waals surface area contributed by atoms with Gasteiger partial charge in [-0.1, -0.05) is 31.7 Å². The number of aromatic nitrogens is 3. The highest BCUT2D eigenvalue weighted by Crippen LogP contribution is 2.48. The molecule has 3 fully saturated rings. The SMILES string of the molecule is CO/C=C/C1CN(C(=O)c2cnn(C)c2C2=Cc3cc(OC)ccc3-c3c(C4CCCCC4)c4ccc(C(=O)NS(=O)(=O)C5CCC5)cc4n3C2)CCO1. The van der Waals surface area contributed by atoms with Gasteiger partial charge in [0.1, 0.15) is 5.75 Å².